The zero-order valence-corrected chi connectivity index (χ0v) is 11.3. The van der Waals surface area contributed by atoms with E-state index in [0.29, 0.717) is 12.2 Å². The van der Waals surface area contributed by atoms with Crippen molar-refractivity contribution in [3.8, 4) is 0 Å². The van der Waals surface area contributed by atoms with Gasteiger partial charge in [-0.05, 0) is 32.0 Å². The van der Waals surface area contributed by atoms with Crippen LogP contribution in [0, 0.1) is 11.2 Å². The van der Waals surface area contributed by atoms with E-state index >= 15 is 0 Å². The summed E-state index contributed by atoms with van der Waals surface area (Å²) in [6, 6.07) is 2.71. The second-order valence-electron chi connectivity index (χ2n) is 4.70. The minimum Gasteiger partial charge on any atom is -0.325 e. The van der Waals surface area contributed by atoms with Crippen molar-refractivity contribution < 1.29 is 9.18 Å². The first-order valence-electron chi connectivity index (χ1n) is 5.59. The lowest BCUT2D eigenvalue weighted by atomic mass is 9.89. The molecule has 1 heterocycles. The minimum absolute atomic E-state index is 0.104. The van der Waals surface area contributed by atoms with Crippen LogP contribution < -0.4 is 10.6 Å². The van der Waals surface area contributed by atoms with Gasteiger partial charge in [0.25, 0.3) is 0 Å². The molecule has 0 bridgehead atoms. The van der Waals surface area contributed by atoms with Crippen LogP contribution >= 0.6 is 23.2 Å². The normalized spacial score (nSPS) is 23.1. The molecule has 6 heteroatoms. The van der Waals surface area contributed by atoms with Gasteiger partial charge in [-0.3, -0.25) is 4.79 Å². The Hall–Kier alpha value is -0.840. The predicted octanol–water partition coefficient (Wildman–Crippen LogP) is 3.07. The monoisotopic (exact) mass is 290 g/mol. The summed E-state index contributed by atoms with van der Waals surface area (Å²) < 4.78 is 13.2. The summed E-state index contributed by atoms with van der Waals surface area (Å²) in [5.41, 5.74) is -0.0441. The molecule has 18 heavy (non-hydrogen) atoms. The van der Waals surface area contributed by atoms with Gasteiger partial charge in [0.05, 0.1) is 15.5 Å². The molecule has 0 aromatic heterocycles. The van der Waals surface area contributed by atoms with Gasteiger partial charge < -0.3 is 10.6 Å². The van der Waals surface area contributed by atoms with Gasteiger partial charge in [0.2, 0.25) is 5.91 Å². The lowest BCUT2D eigenvalue weighted by Crippen LogP contribution is -2.35. The standard InChI is InChI=1S/C12H13Cl2FN2O/c1-12(2-3-16-6-12)11(18)17-7-4-8(13)10(15)9(14)5-7/h4-5,16H,2-3,6H2,1H3,(H,17,18). The average molecular weight is 291 g/mol. The van der Waals surface area contributed by atoms with Crippen molar-refractivity contribution >= 4 is 34.8 Å². The van der Waals surface area contributed by atoms with Crippen molar-refractivity contribution in [2.24, 2.45) is 5.41 Å². The molecule has 2 rings (SSSR count). The molecular weight excluding hydrogens is 278 g/mol. The number of halogens is 3. The molecule has 1 aliphatic rings. The number of amides is 1. The third-order valence-electron chi connectivity index (χ3n) is 3.16. The number of carbonyl (C=O) groups excluding carboxylic acids is 1. The fourth-order valence-electron chi connectivity index (χ4n) is 1.92. The highest BCUT2D eigenvalue weighted by Crippen LogP contribution is 2.30. The van der Waals surface area contributed by atoms with E-state index in [4.69, 9.17) is 23.2 Å². The number of hydrogen-bond donors (Lipinski definition) is 2. The van der Waals surface area contributed by atoms with Crippen molar-refractivity contribution in [1.29, 1.82) is 0 Å². The highest BCUT2D eigenvalue weighted by Gasteiger charge is 2.36. The van der Waals surface area contributed by atoms with E-state index in [2.05, 4.69) is 10.6 Å². The van der Waals surface area contributed by atoms with Gasteiger partial charge in [0.1, 0.15) is 0 Å². The lowest BCUT2D eigenvalue weighted by Gasteiger charge is -2.21. The number of benzene rings is 1. The first-order chi connectivity index (χ1) is 8.42. The summed E-state index contributed by atoms with van der Waals surface area (Å²) in [4.78, 5) is 12.1. The first kappa shape index (κ1) is 13.6. The summed E-state index contributed by atoms with van der Waals surface area (Å²) in [6.45, 7) is 3.32. The third-order valence-corrected chi connectivity index (χ3v) is 3.71. The Morgan fingerprint density at radius 3 is 2.56 bits per heavy atom. The van der Waals surface area contributed by atoms with Gasteiger partial charge in [0, 0.05) is 12.2 Å². The summed E-state index contributed by atoms with van der Waals surface area (Å²) >= 11 is 11.3. The molecule has 1 aromatic rings. The maximum absolute atomic E-state index is 13.2. The zero-order chi connectivity index (χ0) is 13.3. The fraction of sp³-hybridized carbons (Fsp3) is 0.417. The molecule has 1 unspecified atom stereocenters. The predicted molar refractivity (Wildman–Crippen MR) is 70.6 cm³/mol. The van der Waals surface area contributed by atoms with Crippen molar-refractivity contribution in [1.82, 2.24) is 5.32 Å². The topological polar surface area (TPSA) is 41.1 Å². The molecule has 2 N–H and O–H groups in total. The van der Waals surface area contributed by atoms with Crippen LogP contribution in [0.5, 0.6) is 0 Å². The maximum atomic E-state index is 13.2. The molecule has 1 saturated heterocycles. The quantitative estimate of drug-likeness (QED) is 0.822. The Kier molecular flexibility index (Phi) is 3.80. The van der Waals surface area contributed by atoms with Crippen LogP contribution in [0.3, 0.4) is 0 Å². The number of carbonyl (C=O) groups is 1. The summed E-state index contributed by atoms with van der Waals surface area (Å²) in [5, 5.41) is 5.65. The molecule has 3 nitrogen and oxygen atoms in total. The largest absolute Gasteiger partial charge is 0.325 e. The molecule has 0 radical (unpaired) electrons. The van der Waals surface area contributed by atoms with E-state index in [-0.39, 0.29) is 16.0 Å². The Bertz CT molecular complexity index is 464. The molecule has 98 valence electrons. The first-order valence-corrected chi connectivity index (χ1v) is 6.35. The highest BCUT2D eigenvalue weighted by molar-refractivity contribution is 6.35. The van der Waals surface area contributed by atoms with Crippen molar-refractivity contribution in [3.63, 3.8) is 0 Å². The maximum Gasteiger partial charge on any atom is 0.231 e. The van der Waals surface area contributed by atoms with Crippen LogP contribution in [-0.4, -0.2) is 19.0 Å². The minimum atomic E-state index is -0.676. The Morgan fingerprint density at radius 1 is 1.44 bits per heavy atom. The number of anilines is 1. The van der Waals surface area contributed by atoms with E-state index in [1.807, 2.05) is 6.92 Å². The molecule has 1 aromatic carbocycles. The molecule has 1 aliphatic heterocycles. The van der Waals surface area contributed by atoms with Crippen molar-refractivity contribution in [2.75, 3.05) is 18.4 Å². The second kappa shape index (κ2) is 5.03. The smallest absolute Gasteiger partial charge is 0.231 e. The van der Waals surface area contributed by atoms with Crippen LogP contribution in [0.1, 0.15) is 13.3 Å². The molecule has 0 saturated carbocycles. The van der Waals surface area contributed by atoms with Gasteiger partial charge in [-0.2, -0.15) is 0 Å². The van der Waals surface area contributed by atoms with Gasteiger partial charge in [0.15, 0.2) is 5.82 Å². The van der Waals surface area contributed by atoms with Crippen LogP contribution in [0.2, 0.25) is 10.0 Å². The number of nitrogens with one attached hydrogen (secondary N) is 2. The second-order valence-corrected chi connectivity index (χ2v) is 5.51. The van der Waals surface area contributed by atoms with Crippen LogP contribution in [-0.2, 0) is 4.79 Å². The Morgan fingerprint density at radius 2 is 2.06 bits per heavy atom. The van der Waals surface area contributed by atoms with E-state index in [1.165, 1.54) is 12.1 Å². The summed E-state index contributed by atoms with van der Waals surface area (Å²) in [5.74, 6) is -0.795. The molecule has 1 atom stereocenters. The molecule has 0 spiro atoms. The van der Waals surface area contributed by atoms with Crippen LogP contribution in [0.25, 0.3) is 0 Å². The van der Waals surface area contributed by atoms with E-state index in [1.54, 1.807) is 0 Å². The van der Waals surface area contributed by atoms with Crippen molar-refractivity contribution in [2.45, 2.75) is 13.3 Å². The molecule has 0 aliphatic carbocycles. The highest BCUT2D eigenvalue weighted by atomic mass is 35.5. The van der Waals surface area contributed by atoms with E-state index in [0.717, 1.165) is 13.0 Å². The fourth-order valence-corrected chi connectivity index (χ4v) is 2.41. The van der Waals surface area contributed by atoms with Crippen molar-refractivity contribution in [3.05, 3.63) is 28.0 Å². The number of hydrogen-bond acceptors (Lipinski definition) is 2. The number of rotatable bonds is 2. The molecular formula is C12H13Cl2FN2O. The van der Waals surface area contributed by atoms with Crippen LogP contribution in [0.4, 0.5) is 10.1 Å². The summed E-state index contributed by atoms with van der Waals surface area (Å²) in [7, 11) is 0. The van der Waals surface area contributed by atoms with Gasteiger partial charge >= 0.3 is 0 Å². The van der Waals surface area contributed by atoms with Gasteiger partial charge in [-0.1, -0.05) is 23.2 Å². The van der Waals surface area contributed by atoms with E-state index < -0.39 is 11.2 Å². The summed E-state index contributed by atoms with van der Waals surface area (Å²) in [6.07, 6.45) is 0.765. The lowest BCUT2D eigenvalue weighted by molar-refractivity contribution is -0.123. The van der Waals surface area contributed by atoms with Crippen LogP contribution in [0.15, 0.2) is 12.1 Å². The Balaban J connectivity index is 2.17. The molecule has 1 amide bonds. The van der Waals surface area contributed by atoms with Gasteiger partial charge in [-0.15, -0.1) is 0 Å². The SMILES string of the molecule is CC1(C(=O)Nc2cc(Cl)c(F)c(Cl)c2)CCNC1. The average Bonchev–Trinajstić information content (AvgIpc) is 2.74. The zero-order valence-electron chi connectivity index (χ0n) is 9.82. The van der Waals surface area contributed by atoms with E-state index in [9.17, 15) is 9.18 Å². The Labute approximate surface area is 115 Å². The molecule has 1 fully saturated rings. The van der Waals surface area contributed by atoms with Gasteiger partial charge in [-0.25, -0.2) is 4.39 Å². The third kappa shape index (κ3) is 2.60.